The number of rotatable bonds is 4. The normalized spacial score (nSPS) is 10.0. The van der Waals surface area contributed by atoms with Gasteiger partial charge in [0.15, 0.2) is 0 Å². The lowest BCUT2D eigenvalue weighted by atomic mass is 10.2. The van der Waals surface area contributed by atoms with E-state index in [0.717, 1.165) is 5.69 Å². The van der Waals surface area contributed by atoms with Crippen LogP contribution in [-0.2, 0) is 0 Å². The van der Waals surface area contributed by atoms with Crippen LogP contribution in [0, 0.1) is 11.3 Å². The van der Waals surface area contributed by atoms with E-state index < -0.39 is 0 Å². The summed E-state index contributed by atoms with van der Waals surface area (Å²) in [4.78, 5) is 8.34. The van der Waals surface area contributed by atoms with Gasteiger partial charge in [0.05, 0.1) is 27.4 Å². The van der Waals surface area contributed by atoms with Crippen molar-refractivity contribution in [2.24, 2.45) is 0 Å². The Kier molecular flexibility index (Phi) is 4.80. The van der Waals surface area contributed by atoms with Crippen LogP contribution in [0.3, 0.4) is 0 Å². The van der Waals surface area contributed by atoms with Crippen LogP contribution in [0.4, 0.5) is 23.0 Å². The molecular formula is C17H11Cl2N5. The summed E-state index contributed by atoms with van der Waals surface area (Å²) in [5.41, 5.74) is 2.08. The minimum Gasteiger partial charge on any atom is -0.340 e. The molecule has 0 aliphatic carbocycles. The number of nitriles is 1. The van der Waals surface area contributed by atoms with Gasteiger partial charge < -0.3 is 10.6 Å². The third-order valence-corrected chi connectivity index (χ3v) is 3.99. The average Bonchev–Trinajstić information content (AvgIpc) is 2.60. The van der Waals surface area contributed by atoms with Gasteiger partial charge in [-0.2, -0.15) is 5.26 Å². The average molecular weight is 356 g/mol. The van der Waals surface area contributed by atoms with Crippen molar-refractivity contribution in [1.29, 1.82) is 5.26 Å². The highest BCUT2D eigenvalue weighted by Crippen LogP contribution is 2.31. The van der Waals surface area contributed by atoms with Crippen LogP contribution >= 0.6 is 23.2 Å². The first kappa shape index (κ1) is 16.1. The van der Waals surface area contributed by atoms with Gasteiger partial charge in [-0.1, -0.05) is 29.3 Å². The van der Waals surface area contributed by atoms with E-state index in [1.807, 2.05) is 18.2 Å². The minimum absolute atomic E-state index is 0.430. The zero-order chi connectivity index (χ0) is 16.9. The van der Waals surface area contributed by atoms with Crippen molar-refractivity contribution in [1.82, 2.24) is 9.97 Å². The van der Waals surface area contributed by atoms with Crippen molar-refractivity contribution in [2.75, 3.05) is 10.6 Å². The van der Waals surface area contributed by atoms with E-state index in [1.54, 1.807) is 30.3 Å². The number of hydrogen-bond donors (Lipinski definition) is 2. The number of hydrogen-bond acceptors (Lipinski definition) is 5. The summed E-state index contributed by atoms with van der Waals surface area (Å²) in [7, 11) is 0. The second kappa shape index (κ2) is 7.18. The van der Waals surface area contributed by atoms with Crippen molar-refractivity contribution >= 4 is 46.2 Å². The quantitative estimate of drug-likeness (QED) is 0.677. The summed E-state index contributed by atoms with van der Waals surface area (Å²) in [6.07, 6.45) is 1.44. The number of aromatic nitrogens is 2. The van der Waals surface area contributed by atoms with Crippen LogP contribution in [0.1, 0.15) is 5.56 Å². The second-order valence-corrected chi connectivity index (χ2v) is 5.61. The third-order valence-electron chi connectivity index (χ3n) is 3.17. The van der Waals surface area contributed by atoms with Crippen LogP contribution in [0.5, 0.6) is 0 Å². The van der Waals surface area contributed by atoms with Gasteiger partial charge in [-0.25, -0.2) is 9.97 Å². The maximum atomic E-state index is 8.82. The molecule has 7 heteroatoms. The highest BCUT2D eigenvalue weighted by Gasteiger charge is 2.06. The summed E-state index contributed by atoms with van der Waals surface area (Å²) in [5.74, 6) is 1.18. The first-order valence-electron chi connectivity index (χ1n) is 6.96. The molecule has 1 heterocycles. The fourth-order valence-electron chi connectivity index (χ4n) is 2.01. The minimum atomic E-state index is 0.430. The highest BCUT2D eigenvalue weighted by atomic mass is 35.5. The van der Waals surface area contributed by atoms with Crippen molar-refractivity contribution in [2.45, 2.75) is 0 Å². The van der Waals surface area contributed by atoms with E-state index in [9.17, 15) is 0 Å². The van der Waals surface area contributed by atoms with Crippen LogP contribution in [-0.4, -0.2) is 9.97 Å². The van der Waals surface area contributed by atoms with Gasteiger partial charge in [0, 0.05) is 11.8 Å². The predicted molar refractivity (Wildman–Crippen MR) is 96.2 cm³/mol. The zero-order valence-electron chi connectivity index (χ0n) is 12.3. The molecule has 0 saturated carbocycles. The van der Waals surface area contributed by atoms with E-state index in [4.69, 9.17) is 28.5 Å². The Morgan fingerprint density at radius 3 is 2.33 bits per heavy atom. The topological polar surface area (TPSA) is 73.6 Å². The molecule has 0 amide bonds. The SMILES string of the molecule is N#Cc1ccc(Nc2cc(Nc3cccc(Cl)c3Cl)ncn2)cc1. The van der Waals surface area contributed by atoms with Gasteiger partial charge in [0.25, 0.3) is 0 Å². The Bertz CT molecular complexity index is 904. The van der Waals surface area contributed by atoms with Gasteiger partial charge >= 0.3 is 0 Å². The summed E-state index contributed by atoms with van der Waals surface area (Å²) < 4.78 is 0. The molecule has 5 nitrogen and oxygen atoms in total. The van der Waals surface area contributed by atoms with E-state index in [-0.39, 0.29) is 0 Å². The van der Waals surface area contributed by atoms with E-state index >= 15 is 0 Å². The molecule has 2 N–H and O–H groups in total. The number of halogens is 2. The summed E-state index contributed by atoms with van der Waals surface area (Å²) in [6, 6.07) is 16.2. The van der Waals surface area contributed by atoms with Crippen molar-refractivity contribution in [3.63, 3.8) is 0 Å². The Hall–Kier alpha value is -2.81. The zero-order valence-corrected chi connectivity index (χ0v) is 13.8. The molecule has 118 valence electrons. The molecule has 0 spiro atoms. The number of anilines is 4. The lowest BCUT2D eigenvalue weighted by Crippen LogP contribution is -1.99. The van der Waals surface area contributed by atoms with Gasteiger partial charge in [-0.15, -0.1) is 0 Å². The molecule has 3 rings (SSSR count). The molecule has 0 aliphatic heterocycles. The van der Waals surface area contributed by atoms with Crippen LogP contribution < -0.4 is 10.6 Å². The van der Waals surface area contributed by atoms with Gasteiger partial charge in [-0.05, 0) is 36.4 Å². The Labute approximate surface area is 148 Å². The van der Waals surface area contributed by atoms with Crippen LogP contribution in [0.15, 0.2) is 54.9 Å². The fraction of sp³-hybridized carbons (Fsp3) is 0. The Balaban J connectivity index is 1.78. The van der Waals surface area contributed by atoms with Gasteiger partial charge in [0.2, 0.25) is 0 Å². The highest BCUT2D eigenvalue weighted by molar-refractivity contribution is 6.43. The Morgan fingerprint density at radius 2 is 1.62 bits per heavy atom. The lowest BCUT2D eigenvalue weighted by Gasteiger charge is -2.10. The summed E-state index contributed by atoms with van der Waals surface area (Å²) in [5, 5.41) is 16.0. The molecule has 0 saturated heterocycles. The van der Waals surface area contributed by atoms with Gasteiger partial charge in [0.1, 0.15) is 18.0 Å². The second-order valence-electron chi connectivity index (χ2n) is 4.83. The lowest BCUT2D eigenvalue weighted by molar-refractivity contribution is 1.17. The van der Waals surface area contributed by atoms with Gasteiger partial charge in [-0.3, -0.25) is 0 Å². The smallest absolute Gasteiger partial charge is 0.135 e. The molecule has 0 bridgehead atoms. The molecule has 0 aliphatic rings. The van der Waals surface area contributed by atoms with E-state index in [1.165, 1.54) is 6.33 Å². The predicted octanol–water partition coefficient (Wildman–Crippen LogP) is 5.14. The monoisotopic (exact) mass is 355 g/mol. The van der Waals surface area contributed by atoms with Crippen molar-refractivity contribution in [3.8, 4) is 6.07 Å². The molecular weight excluding hydrogens is 345 g/mol. The molecule has 0 atom stereocenters. The summed E-state index contributed by atoms with van der Waals surface area (Å²) in [6.45, 7) is 0. The Morgan fingerprint density at radius 1 is 0.917 bits per heavy atom. The molecule has 0 radical (unpaired) electrons. The number of benzene rings is 2. The van der Waals surface area contributed by atoms with Crippen molar-refractivity contribution in [3.05, 3.63) is 70.5 Å². The summed E-state index contributed by atoms with van der Waals surface area (Å²) >= 11 is 12.2. The fourth-order valence-corrected chi connectivity index (χ4v) is 2.36. The molecule has 0 fully saturated rings. The standard InChI is InChI=1S/C17H11Cl2N5/c18-13-2-1-3-14(17(13)19)24-16-8-15(21-10-22-16)23-12-6-4-11(9-20)5-7-12/h1-8,10H,(H2,21,22,23,24). The van der Waals surface area contributed by atoms with E-state index in [0.29, 0.717) is 32.9 Å². The van der Waals surface area contributed by atoms with E-state index in [2.05, 4.69) is 26.7 Å². The molecule has 1 aromatic heterocycles. The molecule has 0 unspecified atom stereocenters. The van der Waals surface area contributed by atoms with Crippen LogP contribution in [0.2, 0.25) is 10.0 Å². The third kappa shape index (κ3) is 3.74. The number of nitrogens with one attached hydrogen (secondary N) is 2. The van der Waals surface area contributed by atoms with Crippen LogP contribution in [0.25, 0.3) is 0 Å². The first-order chi connectivity index (χ1) is 11.7. The number of nitrogens with zero attached hydrogens (tertiary/aromatic N) is 3. The van der Waals surface area contributed by atoms with Crippen molar-refractivity contribution < 1.29 is 0 Å². The molecule has 2 aromatic carbocycles. The molecule has 24 heavy (non-hydrogen) atoms. The first-order valence-corrected chi connectivity index (χ1v) is 7.71. The maximum absolute atomic E-state index is 8.82. The largest absolute Gasteiger partial charge is 0.340 e. The molecule has 3 aromatic rings. The maximum Gasteiger partial charge on any atom is 0.135 e.